The first-order valence-electron chi connectivity index (χ1n) is 12.1. The van der Waals surface area contributed by atoms with Gasteiger partial charge in [0.15, 0.2) is 5.69 Å². The summed E-state index contributed by atoms with van der Waals surface area (Å²) in [6.07, 6.45) is 4.72. The first-order chi connectivity index (χ1) is 16.5. The number of rotatable bonds is 9. The van der Waals surface area contributed by atoms with Crippen molar-refractivity contribution >= 4 is 11.8 Å². The van der Waals surface area contributed by atoms with Crippen LogP contribution in [0.3, 0.4) is 0 Å². The zero-order valence-corrected chi connectivity index (χ0v) is 20.4. The van der Waals surface area contributed by atoms with Gasteiger partial charge in [-0.3, -0.25) is 14.3 Å². The smallest absolute Gasteiger partial charge is 0.272 e. The van der Waals surface area contributed by atoms with Crippen molar-refractivity contribution in [1.29, 1.82) is 0 Å². The lowest BCUT2D eigenvalue weighted by Crippen LogP contribution is -2.39. The van der Waals surface area contributed by atoms with Gasteiger partial charge >= 0.3 is 0 Å². The van der Waals surface area contributed by atoms with E-state index in [1.165, 1.54) is 19.3 Å². The molecule has 9 nitrogen and oxygen atoms in total. The summed E-state index contributed by atoms with van der Waals surface area (Å²) >= 11 is 0. The summed E-state index contributed by atoms with van der Waals surface area (Å²) in [4.78, 5) is 30.0. The number of hydrogen-bond acceptors (Lipinski definition) is 6. The number of ether oxygens (including phenoxy) is 2. The Morgan fingerprint density at radius 1 is 1.09 bits per heavy atom. The van der Waals surface area contributed by atoms with Crippen molar-refractivity contribution in [2.24, 2.45) is 0 Å². The van der Waals surface area contributed by atoms with E-state index in [1.807, 2.05) is 12.1 Å². The number of hydrogen-bond donors (Lipinski definition) is 1. The molecule has 3 heterocycles. The fraction of sp³-hybridized carbons (Fsp3) is 0.560. The number of benzene rings is 1. The molecule has 2 aliphatic rings. The van der Waals surface area contributed by atoms with Crippen LogP contribution in [-0.2, 0) is 13.1 Å². The summed E-state index contributed by atoms with van der Waals surface area (Å²) in [5, 5.41) is 7.34. The first kappa shape index (κ1) is 24.1. The topological polar surface area (TPSA) is 88.9 Å². The van der Waals surface area contributed by atoms with E-state index >= 15 is 0 Å². The highest BCUT2D eigenvalue weighted by atomic mass is 16.5. The minimum absolute atomic E-state index is 0.140. The van der Waals surface area contributed by atoms with Crippen LogP contribution in [0.5, 0.6) is 11.5 Å². The molecule has 1 aromatic carbocycles. The Morgan fingerprint density at radius 2 is 1.85 bits per heavy atom. The van der Waals surface area contributed by atoms with Gasteiger partial charge in [-0.2, -0.15) is 5.10 Å². The average molecular weight is 470 g/mol. The third-order valence-electron chi connectivity index (χ3n) is 6.73. The van der Waals surface area contributed by atoms with Crippen molar-refractivity contribution in [3.05, 3.63) is 41.2 Å². The highest BCUT2D eigenvalue weighted by Gasteiger charge is 2.28. The Kier molecular flexibility index (Phi) is 7.72. The quantitative estimate of drug-likeness (QED) is 0.568. The van der Waals surface area contributed by atoms with Crippen molar-refractivity contribution in [3.8, 4) is 11.5 Å². The molecule has 2 aromatic rings. The van der Waals surface area contributed by atoms with Crippen molar-refractivity contribution in [1.82, 2.24) is 24.9 Å². The van der Waals surface area contributed by atoms with Crippen LogP contribution in [-0.4, -0.2) is 77.8 Å². The number of likely N-dealkylation sites (tertiary alicyclic amines) is 1. The van der Waals surface area contributed by atoms with E-state index in [0.29, 0.717) is 55.1 Å². The van der Waals surface area contributed by atoms with Crippen LogP contribution in [0.1, 0.15) is 59.1 Å². The van der Waals surface area contributed by atoms with Gasteiger partial charge in [0.2, 0.25) is 0 Å². The Labute approximate surface area is 201 Å². The zero-order chi connectivity index (χ0) is 24.1. The standard InChI is InChI=1S/C25H35N5O4/c1-18-7-4-5-9-28(18)10-6-8-26-24(31)22-16-23-25(32)29(11-12-30(23)27-22)17-19-13-20(33-2)15-21(14-19)34-3/h13-16,18H,4-12,17H2,1-3H3,(H,26,31). The second-order valence-corrected chi connectivity index (χ2v) is 9.08. The molecule has 0 aliphatic carbocycles. The van der Waals surface area contributed by atoms with Crippen molar-refractivity contribution in [2.45, 2.75) is 51.7 Å². The Hall–Kier alpha value is -3.07. The molecule has 2 amide bonds. The van der Waals surface area contributed by atoms with Gasteiger partial charge in [0.05, 0.1) is 20.8 Å². The van der Waals surface area contributed by atoms with Crippen LogP contribution in [0.15, 0.2) is 24.3 Å². The van der Waals surface area contributed by atoms with Crippen molar-refractivity contribution in [3.63, 3.8) is 0 Å². The summed E-state index contributed by atoms with van der Waals surface area (Å²) < 4.78 is 12.3. The van der Waals surface area contributed by atoms with Crippen molar-refractivity contribution in [2.75, 3.05) is 40.4 Å². The number of fused-ring (bicyclic) bond motifs is 1. The van der Waals surface area contributed by atoms with E-state index in [0.717, 1.165) is 25.1 Å². The molecule has 0 spiro atoms. The summed E-state index contributed by atoms with van der Waals surface area (Å²) in [6.45, 7) is 6.49. The van der Waals surface area contributed by atoms with E-state index in [-0.39, 0.29) is 11.8 Å². The maximum absolute atomic E-state index is 13.1. The normalized spacial score (nSPS) is 18.5. The predicted molar refractivity (Wildman–Crippen MR) is 128 cm³/mol. The molecule has 0 bridgehead atoms. The molecule has 4 rings (SSSR count). The van der Waals surface area contributed by atoms with E-state index in [9.17, 15) is 9.59 Å². The lowest BCUT2D eigenvalue weighted by Gasteiger charge is -2.33. The van der Waals surface area contributed by atoms with Crippen LogP contribution < -0.4 is 14.8 Å². The molecule has 1 unspecified atom stereocenters. The average Bonchev–Trinajstić information content (AvgIpc) is 3.29. The van der Waals surface area contributed by atoms with Gasteiger partial charge in [0, 0.05) is 44.4 Å². The molecule has 34 heavy (non-hydrogen) atoms. The van der Waals surface area contributed by atoms with Gasteiger partial charge < -0.3 is 24.6 Å². The fourth-order valence-electron chi connectivity index (χ4n) is 4.74. The molecule has 1 aromatic heterocycles. The fourth-order valence-corrected chi connectivity index (χ4v) is 4.74. The summed E-state index contributed by atoms with van der Waals surface area (Å²) in [7, 11) is 3.20. The molecule has 0 radical (unpaired) electrons. The monoisotopic (exact) mass is 469 g/mol. The summed E-state index contributed by atoms with van der Waals surface area (Å²) in [6, 6.07) is 7.81. The number of methoxy groups -OCH3 is 2. The maximum Gasteiger partial charge on any atom is 0.272 e. The molecular weight excluding hydrogens is 434 g/mol. The third kappa shape index (κ3) is 5.52. The minimum Gasteiger partial charge on any atom is -0.497 e. The van der Waals surface area contributed by atoms with E-state index in [1.54, 1.807) is 35.9 Å². The molecule has 1 N–H and O–H groups in total. The van der Waals surface area contributed by atoms with E-state index < -0.39 is 0 Å². The number of piperidine rings is 1. The van der Waals surface area contributed by atoms with Crippen LogP contribution >= 0.6 is 0 Å². The molecule has 9 heteroatoms. The number of nitrogens with zero attached hydrogens (tertiary/aromatic N) is 4. The third-order valence-corrected chi connectivity index (χ3v) is 6.73. The van der Waals surface area contributed by atoms with Crippen LogP contribution in [0.25, 0.3) is 0 Å². The Bertz CT molecular complexity index is 998. The molecule has 2 aliphatic heterocycles. The first-order valence-corrected chi connectivity index (χ1v) is 12.1. The minimum atomic E-state index is -0.231. The lowest BCUT2D eigenvalue weighted by molar-refractivity contribution is 0.0682. The van der Waals surface area contributed by atoms with Gasteiger partial charge in [-0.15, -0.1) is 0 Å². The van der Waals surface area contributed by atoms with Gasteiger partial charge in [0.1, 0.15) is 17.2 Å². The zero-order valence-electron chi connectivity index (χ0n) is 20.4. The van der Waals surface area contributed by atoms with Crippen LogP contribution in [0.2, 0.25) is 0 Å². The Morgan fingerprint density at radius 3 is 2.56 bits per heavy atom. The number of carbonyl (C=O) groups is 2. The van der Waals surface area contributed by atoms with Crippen molar-refractivity contribution < 1.29 is 19.1 Å². The Balaban J connectivity index is 1.33. The van der Waals surface area contributed by atoms with E-state index in [4.69, 9.17) is 9.47 Å². The SMILES string of the molecule is COc1cc(CN2CCn3nc(C(=O)NCCCN4CCCCC4C)cc3C2=O)cc(OC)c1. The number of aromatic nitrogens is 2. The number of amides is 2. The predicted octanol–water partition coefficient (Wildman–Crippen LogP) is 2.55. The van der Waals surface area contributed by atoms with Crippen LogP contribution in [0.4, 0.5) is 0 Å². The molecule has 1 atom stereocenters. The van der Waals surface area contributed by atoms with Gasteiger partial charge in [-0.25, -0.2) is 0 Å². The van der Waals surface area contributed by atoms with Gasteiger partial charge in [-0.1, -0.05) is 6.42 Å². The van der Waals surface area contributed by atoms with Crippen LogP contribution in [0, 0.1) is 0 Å². The highest BCUT2D eigenvalue weighted by molar-refractivity contribution is 5.98. The van der Waals surface area contributed by atoms with Gasteiger partial charge in [0.25, 0.3) is 11.8 Å². The molecule has 0 saturated carbocycles. The van der Waals surface area contributed by atoms with Gasteiger partial charge in [-0.05, 0) is 50.4 Å². The second-order valence-electron chi connectivity index (χ2n) is 9.08. The summed E-state index contributed by atoms with van der Waals surface area (Å²) in [5.74, 6) is 0.985. The highest BCUT2D eigenvalue weighted by Crippen LogP contribution is 2.25. The molecule has 1 saturated heterocycles. The largest absolute Gasteiger partial charge is 0.497 e. The molecular formula is C25H35N5O4. The summed E-state index contributed by atoms with van der Waals surface area (Å²) in [5.41, 5.74) is 1.64. The number of nitrogens with one attached hydrogen (secondary N) is 1. The molecule has 184 valence electrons. The second kappa shape index (κ2) is 10.9. The maximum atomic E-state index is 13.1. The van der Waals surface area contributed by atoms with E-state index in [2.05, 4.69) is 22.2 Å². The number of carbonyl (C=O) groups excluding carboxylic acids is 2. The lowest BCUT2D eigenvalue weighted by atomic mass is 10.0. The molecule has 1 fully saturated rings.